The van der Waals surface area contributed by atoms with E-state index in [1.807, 2.05) is 6.07 Å². The van der Waals surface area contributed by atoms with Gasteiger partial charge < -0.3 is 15.5 Å². The molecule has 2 aliphatic heterocycles. The number of anilines is 3. The topological polar surface area (TPSA) is 77.6 Å². The molecule has 1 atom stereocenters. The molecule has 7 heteroatoms. The Bertz CT molecular complexity index is 885. The number of nitrogens with one attached hydrogen (secondary N) is 2. The molecule has 0 saturated carbocycles. The van der Waals surface area contributed by atoms with Gasteiger partial charge in [-0.1, -0.05) is 12.1 Å². The lowest BCUT2D eigenvalue weighted by Crippen LogP contribution is -2.37. The average molecular weight is 379 g/mol. The summed E-state index contributed by atoms with van der Waals surface area (Å²) in [5.74, 6) is 0.0733. The quantitative estimate of drug-likeness (QED) is 0.780. The third kappa shape index (κ3) is 3.63. The lowest BCUT2D eigenvalue weighted by Gasteiger charge is -2.23. The van der Waals surface area contributed by atoms with Crippen LogP contribution in [0.4, 0.5) is 17.2 Å². The normalized spacial score (nSPS) is 19.0. The van der Waals surface area contributed by atoms with E-state index in [2.05, 4.69) is 27.6 Å². The van der Waals surface area contributed by atoms with Crippen molar-refractivity contribution in [3.8, 4) is 0 Å². The fourth-order valence-corrected chi connectivity index (χ4v) is 3.98. The molecule has 1 aromatic carbocycles. The van der Waals surface area contributed by atoms with E-state index in [4.69, 9.17) is 0 Å². The van der Waals surface area contributed by atoms with Crippen LogP contribution in [-0.4, -0.2) is 54.4 Å². The van der Waals surface area contributed by atoms with Gasteiger partial charge in [0.05, 0.1) is 23.5 Å². The van der Waals surface area contributed by atoms with Crippen molar-refractivity contribution in [1.29, 1.82) is 0 Å². The second kappa shape index (κ2) is 8.08. The van der Waals surface area contributed by atoms with Crippen LogP contribution in [0.25, 0.3) is 0 Å². The summed E-state index contributed by atoms with van der Waals surface area (Å²) in [4.78, 5) is 34.0. The summed E-state index contributed by atoms with van der Waals surface area (Å²) in [5.41, 5.74) is 1.55. The van der Waals surface area contributed by atoms with Crippen molar-refractivity contribution in [2.45, 2.75) is 25.3 Å². The number of aromatic nitrogens is 1. The summed E-state index contributed by atoms with van der Waals surface area (Å²) in [6.07, 6.45) is 5.11. The minimum Gasteiger partial charge on any atom is -0.319 e. The van der Waals surface area contributed by atoms with Crippen LogP contribution in [0.5, 0.6) is 0 Å². The molecular weight excluding hydrogens is 354 g/mol. The lowest BCUT2D eigenvalue weighted by molar-refractivity contribution is -0.117. The zero-order chi connectivity index (χ0) is 19.5. The molecule has 4 rings (SSSR count). The molecule has 2 aliphatic rings. The highest BCUT2D eigenvalue weighted by atomic mass is 16.2. The van der Waals surface area contributed by atoms with E-state index in [1.165, 1.54) is 17.7 Å². The smallest absolute Gasteiger partial charge is 0.257 e. The second-order valence-corrected chi connectivity index (χ2v) is 7.32. The van der Waals surface area contributed by atoms with Crippen LogP contribution in [0.1, 0.15) is 29.6 Å². The fraction of sp³-hybridized carbons (Fsp3) is 0.381. The Morgan fingerprint density at radius 2 is 2.14 bits per heavy atom. The Hall–Kier alpha value is -2.77. The van der Waals surface area contributed by atoms with Crippen LogP contribution in [0.15, 0.2) is 42.6 Å². The first-order valence-electron chi connectivity index (χ1n) is 9.74. The monoisotopic (exact) mass is 379 g/mol. The predicted molar refractivity (Wildman–Crippen MR) is 109 cm³/mol. The summed E-state index contributed by atoms with van der Waals surface area (Å²) in [7, 11) is 2.16. The van der Waals surface area contributed by atoms with Crippen LogP contribution < -0.4 is 15.5 Å². The molecule has 28 heavy (non-hydrogen) atoms. The lowest BCUT2D eigenvalue weighted by atomic mass is 10.1. The Morgan fingerprint density at radius 3 is 2.96 bits per heavy atom. The van der Waals surface area contributed by atoms with Gasteiger partial charge >= 0.3 is 0 Å². The molecule has 2 aromatic rings. The van der Waals surface area contributed by atoms with Gasteiger partial charge in [-0.2, -0.15) is 0 Å². The third-order valence-corrected chi connectivity index (χ3v) is 5.49. The summed E-state index contributed by atoms with van der Waals surface area (Å²) >= 11 is 0. The highest BCUT2D eigenvalue weighted by molar-refractivity contribution is 6.17. The zero-order valence-corrected chi connectivity index (χ0v) is 16.0. The Morgan fingerprint density at radius 1 is 1.29 bits per heavy atom. The van der Waals surface area contributed by atoms with Gasteiger partial charge in [0, 0.05) is 12.2 Å². The number of fused-ring (bicyclic) bond motifs is 2. The SMILES string of the molecule is CN1CCCC1CCNCC(=O)N1c2ccccc2C(=O)Nc2cccnc21. The molecular formula is C21H25N5O2. The standard InChI is InChI=1S/C21H25N5O2/c1-25-13-5-6-15(25)10-12-22-14-19(27)26-18-9-3-2-7-16(18)21(28)24-17-8-4-11-23-20(17)26/h2-4,7-9,11,15,22H,5-6,10,12-14H2,1H3,(H,24,28). The molecule has 1 fully saturated rings. The number of carbonyl (C=O) groups excluding carboxylic acids is 2. The van der Waals surface area contributed by atoms with Crippen molar-refractivity contribution in [2.24, 2.45) is 0 Å². The molecule has 3 heterocycles. The van der Waals surface area contributed by atoms with Gasteiger partial charge in [0.1, 0.15) is 0 Å². The van der Waals surface area contributed by atoms with Crippen molar-refractivity contribution in [3.63, 3.8) is 0 Å². The van der Waals surface area contributed by atoms with E-state index in [-0.39, 0.29) is 18.4 Å². The first-order chi connectivity index (χ1) is 13.6. The minimum atomic E-state index is -0.239. The second-order valence-electron chi connectivity index (χ2n) is 7.32. The van der Waals surface area contributed by atoms with Crippen LogP contribution in [0.3, 0.4) is 0 Å². The maximum atomic E-state index is 13.1. The van der Waals surface area contributed by atoms with Gasteiger partial charge in [-0.15, -0.1) is 0 Å². The number of para-hydroxylation sites is 1. The van der Waals surface area contributed by atoms with E-state index in [9.17, 15) is 9.59 Å². The van der Waals surface area contributed by atoms with E-state index < -0.39 is 0 Å². The fourth-order valence-electron chi connectivity index (χ4n) is 3.98. The molecule has 0 spiro atoms. The first-order valence-corrected chi connectivity index (χ1v) is 9.74. The Balaban J connectivity index is 1.51. The van der Waals surface area contributed by atoms with E-state index in [1.54, 1.807) is 36.5 Å². The molecule has 7 nitrogen and oxygen atoms in total. The van der Waals surface area contributed by atoms with Crippen molar-refractivity contribution in [1.82, 2.24) is 15.2 Å². The maximum absolute atomic E-state index is 13.1. The number of rotatable bonds is 5. The summed E-state index contributed by atoms with van der Waals surface area (Å²) in [6, 6.07) is 11.2. The number of benzene rings is 1. The molecule has 1 aromatic heterocycles. The van der Waals surface area contributed by atoms with Crippen molar-refractivity contribution in [3.05, 3.63) is 48.2 Å². The van der Waals surface area contributed by atoms with Crippen LogP contribution in [-0.2, 0) is 4.79 Å². The number of amides is 2. The molecule has 0 aliphatic carbocycles. The van der Waals surface area contributed by atoms with Crippen molar-refractivity contribution >= 4 is 29.0 Å². The number of carbonyl (C=O) groups is 2. The van der Waals surface area contributed by atoms with Gasteiger partial charge in [0.2, 0.25) is 5.91 Å². The average Bonchev–Trinajstić information content (AvgIpc) is 3.06. The highest BCUT2D eigenvalue weighted by Crippen LogP contribution is 2.35. The number of nitrogens with zero attached hydrogens (tertiary/aromatic N) is 3. The molecule has 1 unspecified atom stereocenters. The highest BCUT2D eigenvalue weighted by Gasteiger charge is 2.30. The summed E-state index contributed by atoms with van der Waals surface area (Å²) in [6.45, 7) is 2.12. The van der Waals surface area contributed by atoms with Gasteiger partial charge in [0.15, 0.2) is 5.82 Å². The third-order valence-electron chi connectivity index (χ3n) is 5.49. The van der Waals surface area contributed by atoms with Crippen molar-refractivity contribution < 1.29 is 9.59 Å². The van der Waals surface area contributed by atoms with Crippen LogP contribution in [0, 0.1) is 0 Å². The molecule has 2 amide bonds. The molecule has 146 valence electrons. The van der Waals surface area contributed by atoms with Gasteiger partial charge in [0.25, 0.3) is 5.91 Å². The summed E-state index contributed by atoms with van der Waals surface area (Å²) < 4.78 is 0. The Kier molecular flexibility index (Phi) is 5.36. The molecule has 2 N–H and O–H groups in total. The van der Waals surface area contributed by atoms with Crippen LogP contribution in [0.2, 0.25) is 0 Å². The molecule has 0 radical (unpaired) electrons. The molecule has 0 bridgehead atoms. The van der Waals surface area contributed by atoms with Crippen LogP contribution >= 0.6 is 0 Å². The van der Waals surface area contributed by atoms with Gasteiger partial charge in [-0.3, -0.25) is 14.5 Å². The first kappa shape index (κ1) is 18.6. The van der Waals surface area contributed by atoms with E-state index in [0.29, 0.717) is 28.8 Å². The minimum absolute atomic E-state index is 0.135. The van der Waals surface area contributed by atoms with E-state index in [0.717, 1.165) is 19.5 Å². The van der Waals surface area contributed by atoms with Crippen molar-refractivity contribution in [2.75, 3.05) is 36.9 Å². The molecule has 1 saturated heterocycles. The van der Waals surface area contributed by atoms with E-state index >= 15 is 0 Å². The number of likely N-dealkylation sites (tertiary alicyclic amines) is 1. The maximum Gasteiger partial charge on any atom is 0.257 e. The van der Waals surface area contributed by atoms with Gasteiger partial charge in [-0.25, -0.2) is 4.98 Å². The number of hydrogen-bond acceptors (Lipinski definition) is 5. The number of hydrogen-bond donors (Lipinski definition) is 2. The number of pyridine rings is 1. The summed E-state index contributed by atoms with van der Waals surface area (Å²) in [5, 5.41) is 6.12. The zero-order valence-electron chi connectivity index (χ0n) is 16.0. The predicted octanol–water partition coefficient (Wildman–Crippen LogP) is 2.39. The Labute approximate surface area is 164 Å². The van der Waals surface area contributed by atoms with Gasteiger partial charge in [-0.05, 0) is 63.7 Å². The largest absolute Gasteiger partial charge is 0.319 e.